The largest absolute Gasteiger partial charge is 0.457 e. The monoisotopic (exact) mass is 556 g/mol. The molecule has 7 heteroatoms. The van der Waals surface area contributed by atoms with Crippen LogP contribution in [0.2, 0.25) is 0 Å². The van der Waals surface area contributed by atoms with Crippen molar-refractivity contribution in [1.82, 2.24) is 0 Å². The number of carbonyl (C=O) groups is 2. The molecule has 222 valence electrons. The highest BCUT2D eigenvalue weighted by Gasteiger charge is 2.13. The van der Waals surface area contributed by atoms with Crippen LogP contribution in [0.15, 0.2) is 0 Å². The molecule has 0 amide bonds. The van der Waals surface area contributed by atoms with Crippen LogP contribution < -0.4 is 0 Å². The molecular weight excluding hydrogens is 500 g/mol. The summed E-state index contributed by atoms with van der Waals surface area (Å²) in [5.41, 5.74) is 0. The van der Waals surface area contributed by atoms with E-state index in [0.29, 0.717) is 6.42 Å². The van der Waals surface area contributed by atoms with Gasteiger partial charge in [-0.3, -0.25) is 9.59 Å². The van der Waals surface area contributed by atoms with Crippen LogP contribution in [-0.2, 0) is 19.1 Å². The van der Waals surface area contributed by atoms with E-state index in [1.807, 2.05) is 0 Å². The number of hydrogen-bond donors (Lipinski definition) is 2. The molecule has 0 fully saturated rings. The van der Waals surface area contributed by atoms with E-state index in [4.69, 9.17) is 19.7 Å². The van der Waals surface area contributed by atoms with Crippen molar-refractivity contribution in [3.05, 3.63) is 0 Å². The molecule has 0 bridgehead atoms. The fraction of sp³-hybridized carbons (Fsp3) is 0.548. The Morgan fingerprint density at radius 3 is 1.76 bits per heavy atom. The van der Waals surface area contributed by atoms with E-state index in [9.17, 15) is 9.59 Å². The molecule has 0 saturated heterocycles. The first-order chi connectivity index (χ1) is 18.5. The zero-order valence-corrected chi connectivity index (χ0v) is 23.5. The number of ether oxygens (including phenoxy) is 2. The Kier molecular flexibility index (Phi) is 30.8. The molecule has 0 radical (unpaired) electrons. The minimum absolute atomic E-state index is 0. The molecule has 1 atom stereocenters. The van der Waals surface area contributed by atoms with E-state index in [2.05, 4.69) is 77.3 Å². The number of unbranched alkanes of at least 4 members (excludes halogenated alkanes) is 8. The summed E-state index contributed by atoms with van der Waals surface area (Å²) >= 11 is 0.901. The van der Waals surface area contributed by atoms with Crippen molar-refractivity contribution >= 4 is 22.8 Å². The van der Waals surface area contributed by atoms with Gasteiger partial charge in [0.1, 0.15) is 12.9 Å². The smallest absolute Gasteiger partial charge is 0.306 e. The minimum atomic E-state index is -0.678. The van der Waals surface area contributed by atoms with Gasteiger partial charge in [0.25, 0.3) is 0 Å². The molecule has 0 aliphatic rings. The van der Waals surface area contributed by atoms with Gasteiger partial charge in [0.15, 0.2) is 5.12 Å². The third kappa shape index (κ3) is 32.7. The predicted octanol–water partition coefficient (Wildman–Crippen LogP) is 6.26. The lowest BCUT2D eigenvalue weighted by molar-refractivity contribution is -0.157. The van der Waals surface area contributed by atoms with Gasteiger partial charge in [0, 0.05) is 37.9 Å². The minimum Gasteiger partial charge on any atom is -0.457 e. The van der Waals surface area contributed by atoms with Crippen molar-refractivity contribution in [2.75, 3.05) is 20.0 Å². The highest BCUT2D eigenvalue weighted by molar-refractivity contribution is 8.17. The third-order valence-electron chi connectivity index (χ3n) is 4.31. The molecule has 0 aromatic carbocycles. The molecule has 0 saturated carbocycles. The summed E-state index contributed by atoms with van der Waals surface area (Å²) in [7, 11) is 0. The van der Waals surface area contributed by atoms with Crippen LogP contribution in [0.4, 0.5) is 0 Å². The molecule has 2 N–H and O–H groups in total. The number of rotatable bonds is 15. The quantitative estimate of drug-likeness (QED) is 0.106. The number of aliphatic hydroxyl groups excluding tert-OH is 2. The van der Waals surface area contributed by atoms with Crippen molar-refractivity contribution in [2.45, 2.75) is 91.1 Å². The normalized spacial score (nSPS) is 9.08. The van der Waals surface area contributed by atoms with Crippen molar-refractivity contribution in [2.24, 2.45) is 0 Å². The summed E-state index contributed by atoms with van der Waals surface area (Å²) in [6.45, 7) is 4.65. The van der Waals surface area contributed by atoms with Gasteiger partial charge >= 0.3 is 5.97 Å². The number of hydrogen-bond acceptors (Lipinski definition) is 7. The van der Waals surface area contributed by atoms with Gasteiger partial charge in [-0.1, -0.05) is 64.2 Å². The predicted molar refractivity (Wildman–Crippen MR) is 171 cm³/mol. The summed E-state index contributed by atoms with van der Waals surface area (Å²) in [4.78, 5) is 22.0. The number of carbonyl (C=O) groups excluding carboxylic acids is 2. The molecule has 0 aromatic rings. The second kappa shape index (κ2) is 31.8. The topological polar surface area (TPSA) is 93.1 Å². The second-order valence-electron chi connectivity index (χ2n) is 7.57. The summed E-state index contributed by atoms with van der Waals surface area (Å²) in [5, 5.41) is 19.9. The average Bonchev–Trinajstić information content (AvgIpc) is 2.91. The summed E-state index contributed by atoms with van der Waals surface area (Å²) in [6, 6.07) is 0. The van der Waals surface area contributed by atoms with Crippen LogP contribution in [-0.4, -0.2) is 47.4 Å². The first-order valence-corrected chi connectivity index (χ1v) is 13.4. The number of aliphatic hydroxyl groups is 2. The lowest BCUT2D eigenvalue weighted by atomic mass is 10.1. The Hall–Kier alpha value is -3.27. The van der Waals surface area contributed by atoms with Crippen molar-refractivity contribution in [1.29, 1.82) is 0 Å². The number of esters is 1. The van der Waals surface area contributed by atoms with Gasteiger partial charge in [-0.15, -0.1) is 0 Å². The molecule has 6 nitrogen and oxygen atoms in total. The van der Waals surface area contributed by atoms with Gasteiger partial charge in [-0.25, -0.2) is 0 Å². The maximum Gasteiger partial charge on any atom is 0.306 e. The lowest BCUT2D eigenvalue weighted by Gasteiger charge is -2.14. The lowest BCUT2D eigenvalue weighted by Crippen LogP contribution is -2.27. The fourth-order valence-corrected chi connectivity index (χ4v) is 2.81. The summed E-state index contributed by atoms with van der Waals surface area (Å²) in [6.07, 6.45) is 10.5. The zero-order valence-electron chi connectivity index (χ0n) is 22.7. The molecule has 0 aliphatic carbocycles. The SMILES string of the molecule is CC#CC#CC#CC#CC#CC#CSC(C)=O.CCCCCCCCCCCC(=O)O[C@H](CO)COCO.[HH].[HH].[HH].[HH].[HH].[HH].[HH].[HH].[HH]. The first-order valence-electron chi connectivity index (χ1n) is 12.6. The molecule has 0 unspecified atom stereocenters. The van der Waals surface area contributed by atoms with Crippen LogP contribution >= 0.6 is 11.8 Å². The molecule has 0 heterocycles. The van der Waals surface area contributed by atoms with E-state index >= 15 is 0 Å². The van der Waals surface area contributed by atoms with E-state index in [-0.39, 0.29) is 37.1 Å². The van der Waals surface area contributed by atoms with Crippen LogP contribution in [0, 0.1) is 70.4 Å². The summed E-state index contributed by atoms with van der Waals surface area (Å²) < 4.78 is 9.75. The Balaban J connectivity index is -0.0000000521. The molecule has 0 aromatic heterocycles. The Labute approximate surface area is 246 Å². The second-order valence-corrected chi connectivity index (χ2v) is 8.55. The molecular formula is C31H56O6S. The zero-order chi connectivity index (χ0) is 28.5. The maximum absolute atomic E-state index is 11.5. The van der Waals surface area contributed by atoms with Crippen molar-refractivity contribution in [3.63, 3.8) is 0 Å². The van der Waals surface area contributed by atoms with Gasteiger partial charge in [-0.05, 0) is 77.8 Å². The van der Waals surface area contributed by atoms with E-state index < -0.39 is 12.9 Å². The molecule has 38 heavy (non-hydrogen) atoms. The molecule has 0 spiro atoms. The highest BCUT2D eigenvalue weighted by atomic mass is 32.2. The Morgan fingerprint density at radius 1 is 0.789 bits per heavy atom. The van der Waals surface area contributed by atoms with E-state index in [1.165, 1.54) is 45.4 Å². The number of thioether (sulfide) groups is 1. The standard InChI is InChI=1S/C16H32O5.C15H6OS.9H2/c1-2-3-4-5-6-7-8-9-10-11-16(19)21-15(12-17)13-20-14-18;1-3-4-5-6-7-8-9-10-11-12-13-14-17-15(2)16;;;;;;;;;/h15,17-18H,2-14H2,1H3;1-2H3;9*1H/t15-;;;;;;;;;;/m1........../s1. The van der Waals surface area contributed by atoms with Crippen LogP contribution in [0.5, 0.6) is 0 Å². The molecule has 0 aliphatic heterocycles. The van der Waals surface area contributed by atoms with Gasteiger partial charge in [-0.2, -0.15) is 0 Å². The fourth-order valence-electron chi connectivity index (χ4n) is 2.57. The molecule has 0 rings (SSSR count). The van der Waals surface area contributed by atoms with Crippen LogP contribution in [0.1, 0.15) is 97.8 Å². The Bertz CT molecular complexity index is 1060. The third-order valence-corrected chi connectivity index (χ3v) is 4.81. The maximum atomic E-state index is 11.5. The highest BCUT2D eigenvalue weighted by Crippen LogP contribution is 2.11. The van der Waals surface area contributed by atoms with Gasteiger partial charge in [0.05, 0.1) is 13.2 Å². The van der Waals surface area contributed by atoms with Crippen LogP contribution in [0.25, 0.3) is 0 Å². The van der Waals surface area contributed by atoms with Crippen LogP contribution in [0.3, 0.4) is 0 Å². The van der Waals surface area contributed by atoms with Gasteiger partial charge < -0.3 is 19.7 Å². The average molecular weight is 557 g/mol. The summed E-state index contributed by atoms with van der Waals surface area (Å²) in [5.74, 6) is 27.2. The van der Waals surface area contributed by atoms with E-state index in [1.54, 1.807) is 6.92 Å². The van der Waals surface area contributed by atoms with Crippen molar-refractivity contribution in [3.8, 4) is 70.4 Å². The van der Waals surface area contributed by atoms with Gasteiger partial charge in [0.2, 0.25) is 0 Å². The van der Waals surface area contributed by atoms with Crippen molar-refractivity contribution < 1.29 is 42.1 Å². The Morgan fingerprint density at radius 2 is 1.29 bits per heavy atom. The first kappa shape index (κ1) is 36.9. The van der Waals surface area contributed by atoms with E-state index in [0.717, 1.165) is 31.0 Å².